The van der Waals surface area contributed by atoms with Gasteiger partial charge in [0.15, 0.2) is 5.96 Å². The molecule has 108 valence electrons. The van der Waals surface area contributed by atoms with Gasteiger partial charge in [-0.3, -0.25) is 4.99 Å². The summed E-state index contributed by atoms with van der Waals surface area (Å²) in [5, 5.41) is 6.71. The minimum absolute atomic E-state index is 0. The van der Waals surface area contributed by atoms with Crippen molar-refractivity contribution in [2.24, 2.45) is 10.4 Å². The second kappa shape index (κ2) is 9.83. The highest BCUT2D eigenvalue weighted by atomic mass is 127. The molecule has 1 rings (SSSR count). The molecule has 0 saturated heterocycles. The third-order valence-corrected chi connectivity index (χ3v) is 3.33. The van der Waals surface area contributed by atoms with E-state index in [0.29, 0.717) is 5.41 Å². The van der Waals surface area contributed by atoms with Gasteiger partial charge in [0, 0.05) is 33.4 Å². The molecule has 0 aliphatic heterocycles. The first kappa shape index (κ1) is 18.0. The standard InChI is InChI=1S/C13H27N3O.HI/c1-4-9-15-12(14-3)16-11-13(6-7-13)8-10-17-5-2;/h4-11H2,1-3H3,(H2,14,15,16);1H. The van der Waals surface area contributed by atoms with Crippen LogP contribution in [-0.2, 0) is 4.74 Å². The van der Waals surface area contributed by atoms with Gasteiger partial charge in [0.2, 0.25) is 0 Å². The molecule has 0 bridgehead atoms. The number of hydrogen-bond donors (Lipinski definition) is 2. The zero-order valence-corrected chi connectivity index (χ0v) is 14.3. The molecule has 5 heteroatoms. The van der Waals surface area contributed by atoms with Crippen molar-refractivity contribution < 1.29 is 4.74 Å². The van der Waals surface area contributed by atoms with Gasteiger partial charge in [0.1, 0.15) is 0 Å². The fourth-order valence-electron chi connectivity index (χ4n) is 1.86. The highest BCUT2D eigenvalue weighted by Crippen LogP contribution is 2.48. The maximum absolute atomic E-state index is 5.43. The number of hydrogen-bond acceptors (Lipinski definition) is 2. The summed E-state index contributed by atoms with van der Waals surface area (Å²) in [5.41, 5.74) is 0.471. The van der Waals surface area contributed by atoms with Crippen LogP contribution in [0.5, 0.6) is 0 Å². The van der Waals surface area contributed by atoms with E-state index in [-0.39, 0.29) is 24.0 Å². The lowest BCUT2D eigenvalue weighted by Crippen LogP contribution is -2.40. The number of rotatable bonds is 8. The molecule has 0 aromatic carbocycles. The maximum atomic E-state index is 5.43. The van der Waals surface area contributed by atoms with Crippen molar-refractivity contribution in [1.29, 1.82) is 0 Å². The maximum Gasteiger partial charge on any atom is 0.190 e. The van der Waals surface area contributed by atoms with Crippen LogP contribution in [0, 0.1) is 5.41 Å². The molecule has 0 spiro atoms. The van der Waals surface area contributed by atoms with E-state index in [4.69, 9.17) is 4.74 Å². The van der Waals surface area contributed by atoms with E-state index < -0.39 is 0 Å². The Labute approximate surface area is 128 Å². The number of nitrogens with zero attached hydrogens (tertiary/aromatic N) is 1. The van der Waals surface area contributed by atoms with Gasteiger partial charge in [-0.1, -0.05) is 6.92 Å². The number of aliphatic imine (C=N–C) groups is 1. The van der Waals surface area contributed by atoms with Crippen molar-refractivity contribution in [3.63, 3.8) is 0 Å². The fourth-order valence-corrected chi connectivity index (χ4v) is 1.86. The first-order chi connectivity index (χ1) is 8.26. The van der Waals surface area contributed by atoms with Crippen molar-refractivity contribution >= 4 is 29.9 Å². The van der Waals surface area contributed by atoms with E-state index in [9.17, 15) is 0 Å². The lowest BCUT2D eigenvalue weighted by atomic mass is 10.0. The predicted octanol–water partition coefficient (Wildman–Crippen LogP) is 2.39. The zero-order chi connectivity index (χ0) is 12.6. The molecule has 0 heterocycles. The number of halogens is 1. The molecule has 0 unspecified atom stereocenters. The van der Waals surface area contributed by atoms with E-state index in [0.717, 1.165) is 38.7 Å². The second-order valence-electron chi connectivity index (χ2n) is 4.80. The third-order valence-electron chi connectivity index (χ3n) is 3.33. The van der Waals surface area contributed by atoms with Gasteiger partial charge in [-0.2, -0.15) is 0 Å². The molecule has 18 heavy (non-hydrogen) atoms. The Morgan fingerprint density at radius 3 is 2.50 bits per heavy atom. The van der Waals surface area contributed by atoms with Crippen LogP contribution < -0.4 is 10.6 Å². The first-order valence-corrected chi connectivity index (χ1v) is 6.78. The molecule has 1 fully saturated rings. The van der Waals surface area contributed by atoms with Crippen LogP contribution in [0.4, 0.5) is 0 Å². The van der Waals surface area contributed by atoms with Crippen LogP contribution in [0.15, 0.2) is 4.99 Å². The largest absolute Gasteiger partial charge is 0.382 e. The molecule has 0 atom stereocenters. The normalized spacial score (nSPS) is 16.9. The summed E-state index contributed by atoms with van der Waals surface area (Å²) in [7, 11) is 1.82. The van der Waals surface area contributed by atoms with E-state index in [1.54, 1.807) is 0 Å². The predicted molar refractivity (Wildman–Crippen MR) is 87.8 cm³/mol. The number of ether oxygens (including phenoxy) is 1. The van der Waals surface area contributed by atoms with Gasteiger partial charge < -0.3 is 15.4 Å². The molecular weight excluding hydrogens is 341 g/mol. The van der Waals surface area contributed by atoms with E-state index in [1.165, 1.54) is 19.3 Å². The van der Waals surface area contributed by atoms with Crippen molar-refractivity contribution in [3.05, 3.63) is 0 Å². The number of nitrogens with one attached hydrogen (secondary N) is 2. The van der Waals surface area contributed by atoms with Gasteiger partial charge in [0.05, 0.1) is 0 Å². The van der Waals surface area contributed by atoms with Crippen molar-refractivity contribution in [1.82, 2.24) is 10.6 Å². The van der Waals surface area contributed by atoms with Crippen molar-refractivity contribution in [3.8, 4) is 0 Å². The Morgan fingerprint density at radius 1 is 1.28 bits per heavy atom. The van der Waals surface area contributed by atoms with Crippen LogP contribution >= 0.6 is 24.0 Å². The Kier molecular flexibility index (Phi) is 9.81. The van der Waals surface area contributed by atoms with Crippen molar-refractivity contribution in [2.75, 3.05) is 33.4 Å². The Hall–Kier alpha value is -0.0400. The van der Waals surface area contributed by atoms with Crippen LogP contribution in [0.25, 0.3) is 0 Å². The summed E-state index contributed by atoms with van der Waals surface area (Å²) in [5.74, 6) is 0.925. The van der Waals surface area contributed by atoms with Gasteiger partial charge in [-0.15, -0.1) is 24.0 Å². The fraction of sp³-hybridized carbons (Fsp3) is 0.923. The summed E-state index contributed by atoms with van der Waals surface area (Å²) in [6.45, 7) is 7.91. The van der Waals surface area contributed by atoms with E-state index in [1.807, 2.05) is 14.0 Å². The molecule has 1 aliphatic rings. The quantitative estimate of drug-likeness (QED) is 0.299. The molecule has 4 nitrogen and oxygen atoms in total. The minimum Gasteiger partial charge on any atom is -0.382 e. The van der Waals surface area contributed by atoms with E-state index >= 15 is 0 Å². The molecule has 2 N–H and O–H groups in total. The summed E-state index contributed by atoms with van der Waals surface area (Å²) in [6, 6.07) is 0. The second-order valence-corrected chi connectivity index (χ2v) is 4.80. The SMILES string of the molecule is CCCNC(=NC)NCC1(CCOCC)CC1.I. The molecular formula is C13H28IN3O. The summed E-state index contributed by atoms with van der Waals surface area (Å²) in [4.78, 5) is 4.22. The van der Waals surface area contributed by atoms with Crippen LogP contribution in [0.3, 0.4) is 0 Å². The Balaban J connectivity index is 0.00000289. The van der Waals surface area contributed by atoms with Crippen LogP contribution in [-0.4, -0.2) is 39.3 Å². The lowest BCUT2D eigenvalue weighted by molar-refractivity contribution is 0.128. The molecule has 0 aromatic heterocycles. The van der Waals surface area contributed by atoms with Gasteiger partial charge >= 0.3 is 0 Å². The Morgan fingerprint density at radius 2 is 2.00 bits per heavy atom. The lowest BCUT2D eigenvalue weighted by Gasteiger charge is -2.18. The van der Waals surface area contributed by atoms with Gasteiger partial charge in [-0.05, 0) is 38.0 Å². The zero-order valence-electron chi connectivity index (χ0n) is 11.9. The summed E-state index contributed by atoms with van der Waals surface area (Å²) >= 11 is 0. The van der Waals surface area contributed by atoms with Gasteiger partial charge in [0.25, 0.3) is 0 Å². The highest BCUT2D eigenvalue weighted by molar-refractivity contribution is 14.0. The molecule has 1 saturated carbocycles. The van der Waals surface area contributed by atoms with Crippen LogP contribution in [0.2, 0.25) is 0 Å². The third kappa shape index (κ3) is 6.78. The smallest absolute Gasteiger partial charge is 0.190 e. The van der Waals surface area contributed by atoms with E-state index in [2.05, 4.69) is 22.5 Å². The Bertz CT molecular complexity index is 242. The van der Waals surface area contributed by atoms with Crippen LogP contribution in [0.1, 0.15) is 39.5 Å². The molecule has 0 amide bonds. The molecule has 0 radical (unpaired) electrons. The minimum atomic E-state index is 0. The average molecular weight is 369 g/mol. The average Bonchev–Trinajstić information content (AvgIpc) is 3.10. The molecule has 0 aromatic rings. The summed E-state index contributed by atoms with van der Waals surface area (Å²) in [6.07, 6.45) is 4.92. The summed E-state index contributed by atoms with van der Waals surface area (Å²) < 4.78 is 5.43. The highest BCUT2D eigenvalue weighted by Gasteiger charge is 2.41. The van der Waals surface area contributed by atoms with Crippen molar-refractivity contribution in [2.45, 2.75) is 39.5 Å². The topological polar surface area (TPSA) is 45.7 Å². The number of guanidine groups is 1. The van der Waals surface area contributed by atoms with Gasteiger partial charge in [-0.25, -0.2) is 0 Å². The monoisotopic (exact) mass is 369 g/mol. The molecule has 1 aliphatic carbocycles. The first-order valence-electron chi connectivity index (χ1n) is 6.78.